The van der Waals surface area contributed by atoms with Crippen LogP contribution in [-0.2, 0) is 13.0 Å². The van der Waals surface area contributed by atoms with Crippen LogP contribution in [0, 0.1) is 6.92 Å². The van der Waals surface area contributed by atoms with Crippen LogP contribution < -0.4 is 20.5 Å². The summed E-state index contributed by atoms with van der Waals surface area (Å²) in [6.45, 7) is 2.42. The molecule has 2 heterocycles. The number of hydrogen-bond donors (Lipinski definition) is 1. The average Bonchev–Trinajstić information content (AvgIpc) is 2.73. The molecule has 158 valence electrons. The van der Waals surface area contributed by atoms with Crippen LogP contribution in [0.4, 0.5) is 11.5 Å². The number of halogens is 3. The molecule has 1 N–H and O–H groups in total. The molecule has 3 aromatic rings. The number of aryl methyl sites for hydroxylation is 2. The van der Waals surface area contributed by atoms with E-state index in [4.69, 9.17) is 32.7 Å². The highest BCUT2D eigenvalue weighted by Crippen LogP contribution is 2.39. The number of rotatable bonds is 4. The standard InChI is InChI=1S/C21H19Cl2N3O3.ClH/c1-11-4-5-14(20(23)19(11)22)24-18-10-15-13-9-17(29-3)16(28-2)8-12(13)6-7-26(15)21(27)25-18;/h4-5,8-10H,6-7H2,1-3H3,(H,24,25,27);1H. The first kappa shape index (κ1) is 22.3. The summed E-state index contributed by atoms with van der Waals surface area (Å²) in [6, 6.07) is 9.33. The van der Waals surface area contributed by atoms with Gasteiger partial charge in [0, 0.05) is 18.2 Å². The van der Waals surface area contributed by atoms with Crippen molar-refractivity contribution in [3.8, 4) is 22.8 Å². The fraction of sp³-hybridized carbons (Fsp3) is 0.238. The molecule has 0 aliphatic carbocycles. The van der Waals surface area contributed by atoms with Gasteiger partial charge in [-0.3, -0.25) is 4.57 Å². The second-order valence-electron chi connectivity index (χ2n) is 6.76. The Bertz CT molecular complexity index is 1180. The van der Waals surface area contributed by atoms with Crippen molar-refractivity contribution in [1.29, 1.82) is 0 Å². The molecule has 0 unspecified atom stereocenters. The number of hydrogen-bond acceptors (Lipinski definition) is 5. The molecule has 4 rings (SSSR count). The van der Waals surface area contributed by atoms with Gasteiger partial charge in [0.25, 0.3) is 0 Å². The molecule has 6 nitrogen and oxygen atoms in total. The number of nitrogens with zero attached hydrogens (tertiary/aromatic N) is 2. The fourth-order valence-corrected chi connectivity index (χ4v) is 3.91. The molecule has 30 heavy (non-hydrogen) atoms. The molecule has 0 saturated heterocycles. The van der Waals surface area contributed by atoms with E-state index < -0.39 is 0 Å². The summed E-state index contributed by atoms with van der Waals surface area (Å²) in [5, 5.41) is 3.97. The molecular weight excluding hydrogens is 449 g/mol. The third kappa shape index (κ3) is 3.83. The minimum atomic E-state index is -0.334. The SMILES string of the molecule is COc1cc2c(cc1OC)-c1cc(Nc3ccc(C)c(Cl)c3Cl)nc(=O)n1CC2.Cl. The molecule has 0 fully saturated rings. The first-order chi connectivity index (χ1) is 13.9. The third-order valence-electron chi connectivity index (χ3n) is 5.04. The van der Waals surface area contributed by atoms with E-state index in [9.17, 15) is 4.79 Å². The topological polar surface area (TPSA) is 65.4 Å². The van der Waals surface area contributed by atoms with Gasteiger partial charge in [-0.2, -0.15) is 4.98 Å². The number of anilines is 2. The molecule has 0 saturated carbocycles. The molecule has 0 atom stereocenters. The maximum absolute atomic E-state index is 12.7. The quantitative estimate of drug-likeness (QED) is 0.565. The minimum absolute atomic E-state index is 0. The van der Waals surface area contributed by atoms with Crippen LogP contribution in [-0.4, -0.2) is 23.8 Å². The van der Waals surface area contributed by atoms with E-state index >= 15 is 0 Å². The lowest BCUT2D eigenvalue weighted by Gasteiger charge is -2.23. The summed E-state index contributed by atoms with van der Waals surface area (Å²) in [4.78, 5) is 16.8. The first-order valence-electron chi connectivity index (χ1n) is 9.01. The summed E-state index contributed by atoms with van der Waals surface area (Å²) in [7, 11) is 3.19. The van der Waals surface area contributed by atoms with Gasteiger partial charge in [-0.1, -0.05) is 29.3 Å². The van der Waals surface area contributed by atoms with Crippen LogP contribution in [0.25, 0.3) is 11.3 Å². The second kappa shape index (κ2) is 8.76. The van der Waals surface area contributed by atoms with Crippen molar-refractivity contribution in [1.82, 2.24) is 9.55 Å². The van der Waals surface area contributed by atoms with Crippen LogP contribution in [0.2, 0.25) is 10.0 Å². The Balaban J connectivity index is 0.00000256. The average molecular weight is 469 g/mol. The summed E-state index contributed by atoms with van der Waals surface area (Å²) < 4.78 is 12.5. The van der Waals surface area contributed by atoms with Crippen LogP contribution in [0.15, 0.2) is 35.1 Å². The van der Waals surface area contributed by atoms with Gasteiger partial charge >= 0.3 is 5.69 Å². The van der Waals surface area contributed by atoms with Crippen molar-refractivity contribution in [3.05, 3.63) is 62.0 Å². The Morgan fingerprint density at radius 3 is 2.47 bits per heavy atom. The van der Waals surface area contributed by atoms with E-state index in [-0.39, 0.29) is 18.1 Å². The van der Waals surface area contributed by atoms with Gasteiger partial charge in [-0.25, -0.2) is 4.79 Å². The van der Waals surface area contributed by atoms with E-state index in [0.29, 0.717) is 46.0 Å². The number of methoxy groups -OCH3 is 2. The maximum atomic E-state index is 12.7. The van der Waals surface area contributed by atoms with E-state index in [0.717, 1.165) is 22.4 Å². The third-order valence-corrected chi connectivity index (χ3v) is 6.02. The van der Waals surface area contributed by atoms with Crippen molar-refractivity contribution in [2.75, 3.05) is 19.5 Å². The second-order valence-corrected chi connectivity index (χ2v) is 7.51. The maximum Gasteiger partial charge on any atom is 0.350 e. The predicted octanol–water partition coefficient (Wildman–Crippen LogP) is 5.26. The van der Waals surface area contributed by atoms with Crippen LogP contribution >= 0.6 is 35.6 Å². The lowest BCUT2D eigenvalue weighted by molar-refractivity contribution is 0.354. The highest BCUT2D eigenvalue weighted by atomic mass is 35.5. The van der Waals surface area contributed by atoms with E-state index in [1.807, 2.05) is 37.3 Å². The van der Waals surface area contributed by atoms with Gasteiger partial charge in [-0.15, -0.1) is 12.4 Å². The Morgan fingerprint density at radius 1 is 1.07 bits per heavy atom. The minimum Gasteiger partial charge on any atom is -0.493 e. The van der Waals surface area contributed by atoms with Crippen LogP contribution in [0.3, 0.4) is 0 Å². The predicted molar refractivity (Wildman–Crippen MR) is 122 cm³/mol. The van der Waals surface area contributed by atoms with E-state index in [1.54, 1.807) is 18.8 Å². The Kier molecular flexibility index (Phi) is 6.50. The molecule has 0 radical (unpaired) electrons. The molecule has 1 aliphatic heterocycles. The van der Waals surface area contributed by atoms with Gasteiger partial charge in [-0.05, 0) is 42.7 Å². The number of nitrogens with one attached hydrogen (secondary N) is 1. The summed E-state index contributed by atoms with van der Waals surface area (Å²) in [5.41, 5.74) is 3.86. The first-order valence-corrected chi connectivity index (χ1v) is 9.77. The number of fused-ring (bicyclic) bond motifs is 3. The normalized spacial score (nSPS) is 11.8. The smallest absolute Gasteiger partial charge is 0.350 e. The molecule has 1 aromatic heterocycles. The number of benzene rings is 2. The van der Waals surface area contributed by atoms with Crippen molar-refractivity contribution in [2.24, 2.45) is 0 Å². The summed E-state index contributed by atoms with van der Waals surface area (Å²) in [6.07, 6.45) is 0.705. The van der Waals surface area contributed by atoms with Crippen molar-refractivity contribution < 1.29 is 9.47 Å². The molecule has 1 aliphatic rings. The van der Waals surface area contributed by atoms with Gasteiger partial charge in [0.2, 0.25) is 0 Å². The molecule has 2 aromatic carbocycles. The van der Waals surface area contributed by atoms with Crippen molar-refractivity contribution in [3.63, 3.8) is 0 Å². The van der Waals surface area contributed by atoms with Crippen molar-refractivity contribution >= 4 is 47.1 Å². The zero-order valence-electron chi connectivity index (χ0n) is 16.6. The van der Waals surface area contributed by atoms with Gasteiger partial charge < -0.3 is 14.8 Å². The van der Waals surface area contributed by atoms with E-state index in [2.05, 4.69) is 10.3 Å². The number of ether oxygens (including phenoxy) is 2. The molecule has 0 bridgehead atoms. The van der Waals surface area contributed by atoms with Gasteiger partial charge in [0.1, 0.15) is 5.82 Å². The zero-order chi connectivity index (χ0) is 20.7. The van der Waals surface area contributed by atoms with Crippen LogP contribution in [0.5, 0.6) is 11.5 Å². The lowest BCUT2D eigenvalue weighted by Crippen LogP contribution is -2.28. The lowest BCUT2D eigenvalue weighted by atomic mass is 9.97. The molecule has 9 heteroatoms. The molecular formula is C21H20Cl3N3O3. The van der Waals surface area contributed by atoms with Crippen molar-refractivity contribution in [2.45, 2.75) is 19.9 Å². The molecule has 0 amide bonds. The zero-order valence-corrected chi connectivity index (χ0v) is 18.9. The monoisotopic (exact) mass is 467 g/mol. The Hall–Kier alpha value is -2.41. The fourth-order valence-electron chi connectivity index (χ4n) is 3.49. The molecule has 0 spiro atoms. The highest BCUT2D eigenvalue weighted by molar-refractivity contribution is 6.44. The summed E-state index contributed by atoms with van der Waals surface area (Å²) in [5.74, 6) is 1.66. The van der Waals surface area contributed by atoms with Crippen LogP contribution in [0.1, 0.15) is 11.1 Å². The highest BCUT2D eigenvalue weighted by Gasteiger charge is 2.22. The largest absolute Gasteiger partial charge is 0.493 e. The summed E-state index contributed by atoms with van der Waals surface area (Å²) >= 11 is 12.6. The number of aromatic nitrogens is 2. The Labute approximate surface area is 190 Å². The van der Waals surface area contributed by atoms with E-state index in [1.165, 1.54) is 0 Å². The van der Waals surface area contributed by atoms with Gasteiger partial charge in [0.05, 0.1) is 35.6 Å². The van der Waals surface area contributed by atoms with Gasteiger partial charge in [0.15, 0.2) is 11.5 Å². The Morgan fingerprint density at radius 2 is 1.77 bits per heavy atom.